The summed E-state index contributed by atoms with van der Waals surface area (Å²) in [6, 6.07) is 0. The SMILES string of the molecule is C[C@H]1CC[C@@]2(OC1)O[C@H]1C[C@H]3[C@@H]4CC[C@H]5C[C@@H](O[C@@H]6O[C@H](COS(=O)(=O)O)[C@H](OS(=O)(=O)O)[C@H](OS(=O)(=O)O)[C@H]6O[C@@H]6O[C@H](COS(=O)(=O)O)[C@@H](OS(=O)(=O)O)[C@H](OS(=O)(=O)O)[C@H]6OS(=O)(=O)O)CC[C@]5(C)[C@H]4CC[C@]3(C)[C@H]1[C@@H]2C. The molecule has 80 heavy (non-hydrogen) atoms. The second kappa shape index (κ2) is 22.9. The predicted molar refractivity (Wildman–Crippen MR) is 256 cm³/mol. The van der Waals surface area contributed by atoms with Gasteiger partial charge in [-0.2, -0.15) is 58.9 Å². The maximum absolute atomic E-state index is 12.7. The van der Waals surface area contributed by atoms with Crippen molar-refractivity contribution in [2.75, 3.05) is 19.8 Å². The molecule has 1 spiro atoms. The van der Waals surface area contributed by atoms with Crippen molar-refractivity contribution in [3.8, 4) is 0 Å². The van der Waals surface area contributed by atoms with Crippen molar-refractivity contribution in [3.05, 3.63) is 0 Å². The van der Waals surface area contributed by atoms with Crippen LogP contribution in [-0.4, -0.2) is 190 Å². The Morgan fingerprint density at radius 3 is 1.45 bits per heavy atom. The lowest BCUT2D eigenvalue weighted by Gasteiger charge is -2.61. The summed E-state index contributed by atoms with van der Waals surface area (Å²) in [6.45, 7) is 6.14. The number of hydrogen-bond acceptors (Lipinski definition) is 27. The van der Waals surface area contributed by atoms with Crippen LogP contribution in [0, 0.1) is 52.3 Å². The van der Waals surface area contributed by atoms with Gasteiger partial charge in [-0.3, -0.25) is 31.9 Å². The molecule has 0 unspecified atom stereocenters. The highest BCUT2D eigenvalue weighted by Gasteiger charge is 2.69. The molecule has 4 aliphatic heterocycles. The second-order valence-corrected chi connectivity index (χ2v) is 29.7. The van der Waals surface area contributed by atoms with E-state index in [0.717, 1.165) is 38.5 Å². The Bertz CT molecular complexity index is 3080. The van der Waals surface area contributed by atoms with Crippen LogP contribution in [0.15, 0.2) is 0 Å². The van der Waals surface area contributed by atoms with Crippen molar-refractivity contribution in [2.45, 2.75) is 171 Å². The molecule has 0 aromatic heterocycles. The van der Waals surface area contributed by atoms with E-state index in [1.807, 2.05) is 0 Å². The highest BCUT2D eigenvalue weighted by atomic mass is 32.3. The molecule has 8 rings (SSSR count). The van der Waals surface area contributed by atoms with E-state index in [0.29, 0.717) is 31.3 Å². The molecule has 8 fully saturated rings. The van der Waals surface area contributed by atoms with Gasteiger partial charge >= 0.3 is 72.8 Å². The third kappa shape index (κ3) is 15.0. The Balaban J connectivity index is 1.14. The lowest BCUT2D eigenvalue weighted by atomic mass is 9.44. The van der Waals surface area contributed by atoms with Crippen molar-refractivity contribution in [1.29, 1.82) is 0 Å². The molecule has 0 bridgehead atoms. The fourth-order valence-corrected chi connectivity index (χ4v) is 17.8. The Labute approximate surface area is 462 Å². The van der Waals surface area contributed by atoms with Crippen LogP contribution in [-0.2, 0) is 130 Å². The molecule has 0 radical (unpaired) electrons. The number of hydrogen-bond donors (Lipinski definition) is 7. The monoisotopic (exact) mass is 1300 g/mol. The van der Waals surface area contributed by atoms with Gasteiger partial charge in [0.2, 0.25) is 0 Å². The summed E-state index contributed by atoms with van der Waals surface area (Å²) >= 11 is 0. The lowest BCUT2D eigenvalue weighted by molar-refractivity contribution is -0.364. The fourth-order valence-electron chi connectivity index (χ4n) is 14.7. The maximum atomic E-state index is 12.7. The molecule has 0 aromatic rings. The zero-order valence-corrected chi connectivity index (χ0v) is 48.4. The van der Waals surface area contributed by atoms with Gasteiger partial charge in [-0.15, -0.1) is 0 Å². The van der Waals surface area contributed by atoms with Gasteiger partial charge in [0.05, 0.1) is 32.0 Å². The molecule has 0 amide bonds. The molecule has 8 aliphatic rings. The second-order valence-electron chi connectivity index (χ2n) is 22.3. The summed E-state index contributed by atoms with van der Waals surface area (Å²) in [5, 5.41) is 0. The molecular weight excluding hydrogens is 1240 g/mol. The molecule has 34 nitrogen and oxygen atoms in total. The summed E-state index contributed by atoms with van der Waals surface area (Å²) in [4.78, 5) is 0. The van der Waals surface area contributed by atoms with Gasteiger partial charge in [-0.1, -0.05) is 27.7 Å². The van der Waals surface area contributed by atoms with Gasteiger partial charge in [-0.25, -0.2) is 29.3 Å². The van der Waals surface area contributed by atoms with E-state index in [-0.39, 0.29) is 59.4 Å². The molecular formula is C39H64O34S7. The Hall–Kier alpha value is -1.15. The summed E-state index contributed by atoms with van der Waals surface area (Å²) in [5.41, 5.74) is -0.401. The average molecular weight is 1300 g/mol. The average Bonchev–Trinajstić information content (AvgIpc) is 3.73. The minimum atomic E-state index is -6.12. The minimum absolute atomic E-state index is 0.00711. The molecule has 4 aliphatic carbocycles. The van der Waals surface area contributed by atoms with E-state index in [2.05, 4.69) is 52.8 Å². The lowest BCUT2D eigenvalue weighted by Crippen LogP contribution is -2.67. The summed E-state index contributed by atoms with van der Waals surface area (Å²) in [7, 11) is -41.5. The highest BCUT2D eigenvalue weighted by Crippen LogP contribution is 2.71. The zero-order chi connectivity index (χ0) is 59.4. The van der Waals surface area contributed by atoms with Crippen molar-refractivity contribution in [3.63, 3.8) is 0 Å². The first-order valence-corrected chi connectivity index (χ1v) is 34.5. The van der Waals surface area contributed by atoms with Crippen LogP contribution in [0.25, 0.3) is 0 Å². The fraction of sp³-hybridized carbons (Fsp3) is 1.00. The van der Waals surface area contributed by atoms with Gasteiger partial charge < -0.3 is 28.4 Å². The van der Waals surface area contributed by atoms with E-state index >= 15 is 0 Å². The van der Waals surface area contributed by atoms with Crippen molar-refractivity contribution >= 4 is 72.8 Å². The van der Waals surface area contributed by atoms with Gasteiger partial charge in [-0.05, 0) is 104 Å². The van der Waals surface area contributed by atoms with Crippen LogP contribution in [0.3, 0.4) is 0 Å². The van der Waals surface area contributed by atoms with E-state index in [1.165, 1.54) is 0 Å². The minimum Gasteiger partial charge on any atom is -0.349 e. The van der Waals surface area contributed by atoms with Crippen molar-refractivity contribution < 1.29 is 148 Å². The van der Waals surface area contributed by atoms with Gasteiger partial charge in [0.25, 0.3) is 0 Å². The van der Waals surface area contributed by atoms with Crippen LogP contribution in [0.1, 0.15) is 91.9 Å². The largest absolute Gasteiger partial charge is 0.397 e. The van der Waals surface area contributed by atoms with Crippen LogP contribution >= 0.6 is 0 Å². The number of rotatable bonds is 20. The first-order chi connectivity index (χ1) is 36.5. The molecule has 0 aromatic carbocycles. The molecule has 4 heterocycles. The Morgan fingerprint density at radius 2 is 0.963 bits per heavy atom. The Morgan fingerprint density at radius 1 is 0.487 bits per heavy atom. The topological polar surface area (TPSA) is 501 Å². The number of fused-ring (bicyclic) bond motifs is 7. The van der Waals surface area contributed by atoms with E-state index in [1.54, 1.807) is 0 Å². The van der Waals surface area contributed by atoms with Crippen LogP contribution < -0.4 is 0 Å². The van der Waals surface area contributed by atoms with E-state index < -0.39 is 159 Å². The summed E-state index contributed by atoms with van der Waals surface area (Å²) in [5.74, 6) is 0.864. The van der Waals surface area contributed by atoms with Crippen LogP contribution in [0.2, 0.25) is 0 Å². The first kappa shape index (κ1) is 64.8. The quantitative estimate of drug-likeness (QED) is 0.0634. The standard InChI is InChI=1S/C39H64O34S7/c1-18-7-12-39(61-15-18)19(2)28-25(68-39)14-24-22-6-5-20-13-21(8-10-37(20,3)23(22)9-11-38(24,28)4)64-35-33(31(71-78(52,53)54)29(69-76(46,47)48)26(65-35)16-62-74(40,41)42)67-36-34(73-80(58,59)60)32(72-79(55,56)57)30(70-77(49,50)51)27(66-36)17-63-75(43,44)45/h18-36H,5-17H2,1-4H3,(H,40,41,42)(H,43,44,45)(H,46,47,48)(H,49,50,51)(H,52,53,54)(H,55,56,57)(H,58,59,60)/t18-,19-,20-,21-,22+,23-,24-,25-,26+,27+,28-,29-,30+,31-,32-,33+,34+,35+,36-,37-,38-,39+/m0/s1. The van der Waals surface area contributed by atoms with Gasteiger partial charge in [0.15, 0.2) is 24.5 Å². The third-order valence-electron chi connectivity index (χ3n) is 17.6. The molecule has 22 atom stereocenters. The highest BCUT2D eigenvalue weighted by molar-refractivity contribution is 7.82. The van der Waals surface area contributed by atoms with Crippen LogP contribution in [0.4, 0.5) is 0 Å². The van der Waals surface area contributed by atoms with Gasteiger partial charge in [0, 0.05) is 12.3 Å². The number of ether oxygens (including phenoxy) is 6. The van der Waals surface area contributed by atoms with Crippen LogP contribution in [0.5, 0.6) is 0 Å². The molecule has 4 saturated carbocycles. The van der Waals surface area contributed by atoms with E-state index in [9.17, 15) is 90.8 Å². The molecule has 41 heteroatoms. The first-order valence-electron chi connectivity index (χ1n) is 24.9. The van der Waals surface area contributed by atoms with Crippen molar-refractivity contribution in [2.24, 2.45) is 52.3 Å². The molecule has 7 N–H and O–H groups in total. The summed E-state index contributed by atoms with van der Waals surface area (Å²) in [6.07, 6.45) is -23.5. The van der Waals surface area contributed by atoms with E-state index in [4.69, 9.17) is 32.6 Å². The normalized spacial score (nSPS) is 44.0. The summed E-state index contributed by atoms with van der Waals surface area (Å²) < 4.78 is 307. The molecule has 4 saturated heterocycles. The van der Waals surface area contributed by atoms with Crippen molar-refractivity contribution in [1.82, 2.24) is 0 Å². The third-order valence-corrected chi connectivity index (χ3v) is 20.8. The zero-order valence-electron chi connectivity index (χ0n) is 42.7. The predicted octanol–water partition coefficient (Wildman–Crippen LogP) is 0.232. The Kier molecular flexibility index (Phi) is 18.5. The molecule has 466 valence electrons. The smallest absolute Gasteiger partial charge is 0.349 e. The maximum Gasteiger partial charge on any atom is 0.397 e. The van der Waals surface area contributed by atoms with Gasteiger partial charge in [0.1, 0.15) is 42.7 Å².